The van der Waals surface area contributed by atoms with Crippen molar-refractivity contribution in [2.75, 3.05) is 0 Å². The number of oxime groups is 1. The Balaban J connectivity index is 3.28. The summed E-state index contributed by atoms with van der Waals surface area (Å²) in [7, 11) is 0. The van der Waals surface area contributed by atoms with E-state index in [1.165, 1.54) is 5.56 Å². The maximum atomic E-state index is 8.56. The molecule has 1 aromatic carbocycles. The van der Waals surface area contributed by atoms with E-state index in [1.807, 2.05) is 25.1 Å². The Labute approximate surface area is 77.9 Å². The fraction of sp³-hybridized carbons (Fsp3) is 0.300. The van der Waals surface area contributed by atoms with Gasteiger partial charge in [0.1, 0.15) is 0 Å². The Morgan fingerprint density at radius 2 is 2.23 bits per heavy atom. The highest BCUT2D eigenvalue weighted by atomic mass is 16.4. The van der Waals surface area contributed by atoms with Gasteiger partial charge < -0.3 is 10.9 Å². The molecule has 0 spiro atoms. The SMILES string of the molecule is CCc1c(C)cccc1/C(N)=N\O. The Kier molecular flexibility index (Phi) is 2.90. The quantitative estimate of drug-likeness (QED) is 0.313. The maximum absolute atomic E-state index is 8.56. The van der Waals surface area contributed by atoms with E-state index in [0.717, 1.165) is 17.5 Å². The van der Waals surface area contributed by atoms with Crippen LogP contribution in [0, 0.1) is 6.92 Å². The molecule has 0 bridgehead atoms. The van der Waals surface area contributed by atoms with Crippen molar-refractivity contribution in [2.24, 2.45) is 10.9 Å². The molecular weight excluding hydrogens is 164 g/mol. The van der Waals surface area contributed by atoms with E-state index in [9.17, 15) is 0 Å². The van der Waals surface area contributed by atoms with E-state index in [1.54, 1.807) is 0 Å². The number of rotatable bonds is 2. The lowest BCUT2D eigenvalue weighted by Gasteiger charge is -2.08. The molecule has 0 fully saturated rings. The van der Waals surface area contributed by atoms with Gasteiger partial charge in [0.25, 0.3) is 0 Å². The van der Waals surface area contributed by atoms with Crippen LogP contribution in [-0.2, 0) is 6.42 Å². The molecule has 0 aliphatic rings. The summed E-state index contributed by atoms with van der Waals surface area (Å²) in [5.41, 5.74) is 8.67. The molecule has 1 aromatic rings. The van der Waals surface area contributed by atoms with Gasteiger partial charge in [-0.15, -0.1) is 0 Å². The van der Waals surface area contributed by atoms with Crippen molar-refractivity contribution in [3.8, 4) is 0 Å². The Morgan fingerprint density at radius 3 is 2.77 bits per heavy atom. The van der Waals surface area contributed by atoms with Gasteiger partial charge in [-0.3, -0.25) is 0 Å². The smallest absolute Gasteiger partial charge is 0.170 e. The van der Waals surface area contributed by atoms with Gasteiger partial charge in [-0.2, -0.15) is 0 Å². The van der Waals surface area contributed by atoms with Crippen molar-refractivity contribution >= 4 is 5.84 Å². The molecule has 13 heavy (non-hydrogen) atoms. The topological polar surface area (TPSA) is 58.6 Å². The van der Waals surface area contributed by atoms with Crippen LogP contribution < -0.4 is 5.73 Å². The molecule has 0 atom stereocenters. The second-order valence-corrected chi connectivity index (χ2v) is 2.94. The first kappa shape index (κ1) is 9.58. The van der Waals surface area contributed by atoms with Crippen LogP contribution in [0.15, 0.2) is 23.4 Å². The molecule has 0 unspecified atom stereocenters. The molecule has 0 radical (unpaired) electrons. The van der Waals surface area contributed by atoms with Crippen LogP contribution in [0.1, 0.15) is 23.6 Å². The average Bonchev–Trinajstić information content (AvgIpc) is 2.16. The van der Waals surface area contributed by atoms with Crippen molar-refractivity contribution in [2.45, 2.75) is 20.3 Å². The minimum absolute atomic E-state index is 0.181. The fourth-order valence-electron chi connectivity index (χ4n) is 1.47. The van der Waals surface area contributed by atoms with Gasteiger partial charge in [0, 0.05) is 5.56 Å². The first-order chi connectivity index (χ1) is 6.20. The largest absolute Gasteiger partial charge is 0.409 e. The van der Waals surface area contributed by atoms with Crippen LogP contribution in [0.2, 0.25) is 0 Å². The monoisotopic (exact) mass is 178 g/mol. The second-order valence-electron chi connectivity index (χ2n) is 2.94. The van der Waals surface area contributed by atoms with Crippen LogP contribution in [-0.4, -0.2) is 11.0 Å². The summed E-state index contributed by atoms with van der Waals surface area (Å²) in [6, 6.07) is 5.79. The lowest BCUT2D eigenvalue weighted by molar-refractivity contribution is 0.318. The average molecular weight is 178 g/mol. The number of hydrogen-bond donors (Lipinski definition) is 2. The van der Waals surface area contributed by atoms with E-state index in [2.05, 4.69) is 12.1 Å². The maximum Gasteiger partial charge on any atom is 0.170 e. The molecule has 1 rings (SSSR count). The van der Waals surface area contributed by atoms with E-state index < -0.39 is 0 Å². The first-order valence-electron chi connectivity index (χ1n) is 4.27. The molecule has 0 saturated heterocycles. The van der Waals surface area contributed by atoms with Crippen molar-refractivity contribution in [1.82, 2.24) is 0 Å². The number of nitrogens with zero attached hydrogens (tertiary/aromatic N) is 1. The Morgan fingerprint density at radius 1 is 1.54 bits per heavy atom. The van der Waals surface area contributed by atoms with E-state index in [0.29, 0.717) is 0 Å². The van der Waals surface area contributed by atoms with Gasteiger partial charge in [0.2, 0.25) is 0 Å². The third kappa shape index (κ3) is 1.80. The molecule has 0 saturated carbocycles. The first-order valence-corrected chi connectivity index (χ1v) is 4.27. The second kappa shape index (κ2) is 3.94. The zero-order valence-electron chi connectivity index (χ0n) is 7.91. The summed E-state index contributed by atoms with van der Waals surface area (Å²) < 4.78 is 0. The van der Waals surface area contributed by atoms with Crippen LogP contribution in [0.4, 0.5) is 0 Å². The molecule has 0 heterocycles. The van der Waals surface area contributed by atoms with Gasteiger partial charge >= 0.3 is 0 Å². The van der Waals surface area contributed by atoms with Crippen LogP contribution in [0.25, 0.3) is 0 Å². The highest BCUT2D eigenvalue weighted by Gasteiger charge is 2.06. The zero-order valence-corrected chi connectivity index (χ0v) is 7.91. The third-order valence-electron chi connectivity index (χ3n) is 2.15. The minimum atomic E-state index is 0.181. The molecule has 0 amide bonds. The van der Waals surface area contributed by atoms with Crippen molar-refractivity contribution in [1.29, 1.82) is 0 Å². The van der Waals surface area contributed by atoms with Gasteiger partial charge in [-0.1, -0.05) is 30.3 Å². The molecule has 0 aromatic heterocycles. The fourth-order valence-corrected chi connectivity index (χ4v) is 1.47. The highest BCUT2D eigenvalue weighted by molar-refractivity contribution is 5.98. The summed E-state index contributed by atoms with van der Waals surface area (Å²) in [5, 5.41) is 11.6. The summed E-state index contributed by atoms with van der Waals surface area (Å²) in [6.45, 7) is 4.07. The molecule has 3 nitrogen and oxygen atoms in total. The number of amidine groups is 1. The molecule has 70 valence electrons. The van der Waals surface area contributed by atoms with E-state index >= 15 is 0 Å². The lowest BCUT2D eigenvalue weighted by atomic mass is 9.99. The van der Waals surface area contributed by atoms with Crippen molar-refractivity contribution in [3.05, 3.63) is 34.9 Å². The van der Waals surface area contributed by atoms with Crippen LogP contribution >= 0.6 is 0 Å². The van der Waals surface area contributed by atoms with E-state index in [4.69, 9.17) is 10.9 Å². The van der Waals surface area contributed by atoms with Crippen LogP contribution in [0.3, 0.4) is 0 Å². The predicted molar refractivity (Wildman–Crippen MR) is 53.1 cm³/mol. The van der Waals surface area contributed by atoms with Gasteiger partial charge in [0.15, 0.2) is 5.84 Å². The normalized spacial score (nSPS) is 11.7. The van der Waals surface area contributed by atoms with Gasteiger partial charge in [0.05, 0.1) is 0 Å². The summed E-state index contributed by atoms with van der Waals surface area (Å²) >= 11 is 0. The summed E-state index contributed by atoms with van der Waals surface area (Å²) in [6.07, 6.45) is 0.887. The molecule has 0 aliphatic heterocycles. The zero-order chi connectivity index (χ0) is 9.84. The van der Waals surface area contributed by atoms with Crippen molar-refractivity contribution < 1.29 is 5.21 Å². The number of hydrogen-bond acceptors (Lipinski definition) is 2. The predicted octanol–water partition coefficient (Wildman–Crippen LogP) is 1.65. The van der Waals surface area contributed by atoms with E-state index in [-0.39, 0.29) is 5.84 Å². The number of benzene rings is 1. The van der Waals surface area contributed by atoms with Gasteiger partial charge in [-0.25, -0.2) is 0 Å². The Hall–Kier alpha value is -1.51. The van der Waals surface area contributed by atoms with Crippen molar-refractivity contribution in [3.63, 3.8) is 0 Å². The Bertz CT molecular complexity index is 332. The number of nitrogens with two attached hydrogens (primary N) is 1. The van der Waals surface area contributed by atoms with Crippen LogP contribution in [0.5, 0.6) is 0 Å². The molecular formula is C10H14N2O. The third-order valence-corrected chi connectivity index (χ3v) is 2.15. The lowest BCUT2D eigenvalue weighted by Crippen LogP contribution is -2.15. The summed E-state index contributed by atoms with van der Waals surface area (Å²) in [5.74, 6) is 0.181. The standard InChI is InChI=1S/C10H14N2O/c1-3-8-7(2)5-4-6-9(8)10(11)12-13/h4-6,13H,3H2,1-2H3,(H2,11,12). The number of aryl methyl sites for hydroxylation is 1. The molecule has 0 aliphatic carbocycles. The molecule has 3 N–H and O–H groups in total. The summed E-state index contributed by atoms with van der Waals surface area (Å²) in [4.78, 5) is 0. The van der Waals surface area contributed by atoms with Gasteiger partial charge in [-0.05, 0) is 24.5 Å². The minimum Gasteiger partial charge on any atom is -0.409 e. The highest BCUT2D eigenvalue weighted by Crippen LogP contribution is 2.14. The molecule has 3 heteroatoms.